The maximum atomic E-state index is 10.7. The Morgan fingerprint density at radius 2 is 1.84 bits per heavy atom. The Bertz CT molecular complexity index is 381. The third-order valence-electron chi connectivity index (χ3n) is 2.04. The largest absolute Gasteiger partial charge is 0.493 e. The molecule has 0 saturated carbocycles. The van der Waals surface area contributed by atoms with Crippen LogP contribution in [0.25, 0.3) is 0 Å². The lowest BCUT2D eigenvalue weighted by molar-refractivity contribution is -0.757. The lowest BCUT2D eigenvalue weighted by Gasteiger charge is -2.07. The van der Waals surface area contributed by atoms with E-state index in [-0.39, 0.29) is 6.61 Å². The first kappa shape index (κ1) is 16.9. The molecule has 0 bridgehead atoms. The van der Waals surface area contributed by atoms with Crippen molar-refractivity contribution in [2.45, 2.75) is 26.7 Å². The summed E-state index contributed by atoms with van der Waals surface area (Å²) < 4.78 is 5.38. The number of rotatable bonds is 8. The van der Waals surface area contributed by atoms with Crippen LogP contribution in [0.3, 0.4) is 0 Å². The molecule has 0 aliphatic rings. The van der Waals surface area contributed by atoms with Gasteiger partial charge in [0.05, 0.1) is 18.8 Å². The highest BCUT2D eigenvalue weighted by Gasteiger charge is 2.01. The zero-order chi connectivity index (χ0) is 14.5. The first-order valence-electron chi connectivity index (χ1n) is 6.18. The summed E-state index contributed by atoms with van der Waals surface area (Å²) in [5.41, 5.74) is 0.494. The number of nitrogens with zero attached hydrogens (tertiary/aromatic N) is 1. The third-order valence-corrected chi connectivity index (χ3v) is 2.04. The minimum absolute atomic E-state index is 0.0612. The lowest BCUT2D eigenvalue weighted by Crippen LogP contribution is -2.05. The predicted molar refractivity (Wildman–Crippen MR) is 70.9 cm³/mol. The average Bonchev–Trinajstić information content (AvgIpc) is 2.45. The molecular formula is C13H19NO5. The molecule has 0 aromatic heterocycles. The number of carbonyl (C=O) groups excluding carboxylic acids is 1. The Hall–Kier alpha value is -2.11. The van der Waals surface area contributed by atoms with Crippen molar-refractivity contribution in [1.82, 2.24) is 0 Å². The van der Waals surface area contributed by atoms with E-state index in [1.54, 1.807) is 24.3 Å². The number of benzene rings is 1. The molecule has 0 aliphatic heterocycles. The second kappa shape index (κ2) is 11.0. The quantitative estimate of drug-likeness (QED) is 0.314. The van der Waals surface area contributed by atoms with Crippen LogP contribution in [-0.2, 0) is 4.84 Å². The van der Waals surface area contributed by atoms with E-state index in [0.29, 0.717) is 30.8 Å². The van der Waals surface area contributed by atoms with Crippen LogP contribution in [0.4, 0.5) is 0 Å². The Balaban J connectivity index is 0.00000154. The zero-order valence-electron chi connectivity index (χ0n) is 11.2. The molecule has 0 atom stereocenters. The van der Waals surface area contributed by atoms with E-state index in [0.717, 1.165) is 6.29 Å². The molecule has 19 heavy (non-hydrogen) atoms. The maximum Gasteiger partial charge on any atom is 0.294 e. The van der Waals surface area contributed by atoms with Crippen molar-refractivity contribution < 1.29 is 19.5 Å². The number of para-hydroxylation sites is 1. The molecule has 0 aliphatic carbocycles. The fourth-order valence-corrected chi connectivity index (χ4v) is 1.23. The summed E-state index contributed by atoms with van der Waals surface area (Å²) in [7, 11) is 0. The highest BCUT2D eigenvalue weighted by molar-refractivity contribution is 5.79. The van der Waals surface area contributed by atoms with Gasteiger partial charge in [0.15, 0.2) is 6.29 Å². The molecular weight excluding hydrogens is 250 g/mol. The summed E-state index contributed by atoms with van der Waals surface area (Å²) in [6, 6.07) is 6.90. The van der Waals surface area contributed by atoms with Crippen molar-refractivity contribution >= 4 is 6.29 Å². The van der Waals surface area contributed by atoms with E-state index in [9.17, 15) is 14.9 Å². The van der Waals surface area contributed by atoms with Gasteiger partial charge in [-0.1, -0.05) is 26.0 Å². The SMILES string of the molecule is CC.O=Cc1ccccc1OCCCCO[N+](=O)[O-]. The molecule has 0 N–H and O–H groups in total. The monoisotopic (exact) mass is 269 g/mol. The Morgan fingerprint density at radius 3 is 2.47 bits per heavy atom. The summed E-state index contributed by atoms with van der Waals surface area (Å²) in [6.45, 7) is 4.46. The van der Waals surface area contributed by atoms with Crippen molar-refractivity contribution in [3.8, 4) is 5.75 Å². The van der Waals surface area contributed by atoms with Crippen molar-refractivity contribution in [3.05, 3.63) is 39.9 Å². The molecule has 0 unspecified atom stereocenters. The molecule has 6 heteroatoms. The zero-order valence-corrected chi connectivity index (χ0v) is 11.2. The fraction of sp³-hybridized carbons (Fsp3) is 0.462. The van der Waals surface area contributed by atoms with Gasteiger partial charge >= 0.3 is 0 Å². The molecule has 0 fully saturated rings. The molecule has 106 valence electrons. The van der Waals surface area contributed by atoms with Gasteiger partial charge in [-0.3, -0.25) is 4.79 Å². The van der Waals surface area contributed by atoms with Gasteiger partial charge in [-0.25, -0.2) is 0 Å². The van der Waals surface area contributed by atoms with Gasteiger partial charge in [-0.15, -0.1) is 10.1 Å². The van der Waals surface area contributed by atoms with Gasteiger partial charge in [-0.2, -0.15) is 0 Å². The van der Waals surface area contributed by atoms with E-state index in [2.05, 4.69) is 4.84 Å². The summed E-state index contributed by atoms with van der Waals surface area (Å²) in [5.74, 6) is 0.526. The number of hydrogen-bond donors (Lipinski definition) is 0. The van der Waals surface area contributed by atoms with Crippen molar-refractivity contribution in [1.29, 1.82) is 0 Å². The second-order valence-electron chi connectivity index (χ2n) is 3.27. The summed E-state index contributed by atoms with van der Waals surface area (Å²) in [6.07, 6.45) is 1.89. The standard InChI is InChI=1S/C11H13NO5.C2H6/c13-9-10-5-1-2-6-11(10)16-7-3-4-8-17-12(14)15;1-2/h1-2,5-6,9H,3-4,7-8H2;1-2H3. The molecule has 6 nitrogen and oxygen atoms in total. The Kier molecular flexibility index (Phi) is 9.79. The van der Waals surface area contributed by atoms with Gasteiger partial charge in [0.1, 0.15) is 5.75 Å². The molecule has 0 heterocycles. The highest BCUT2D eigenvalue weighted by atomic mass is 16.9. The predicted octanol–water partition coefficient (Wildman–Crippen LogP) is 2.89. The van der Waals surface area contributed by atoms with E-state index in [1.165, 1.54) is 0 Å². The number of aldehydes is 1. The van der Waals surface area contributed by atoms with Gasteiger partial charge in [0.25, 0.3) is 5.09 Å². The van der Waals surface area contributed by atoms with Crippen molar-refractivity contribution in [2.24, 2.45) is 0 Å². The lowest BCUT2D eigenvalue weighted by atomic mass is 10.2. The molecule has 1 aromatic rings. The van der Waals surface area contributed by atoms with Crippen molar-refractivity contribution in [3.63, 3.8) is 0 Å². The Morgan fingerprint density at radius 1 is 1.21 bits per heavy atom. The number of unbranched alkanes of at least 4 members (excludes halogenated alkanes) is 1. The van der Waals surface area contributed by atoms with E-state index in [4.69, 9.17) is 4.74 Å². The minimum atomic E-state index is -0.817. The first-order chi connectivity index (χ1) is 9.24. The third kappa shape index (κ3) is 7.75. The number of hydrogen-bond acceptors (Lipinski definition) is 5. The van der Waals surface area contributed by atoms with Crippen LogP contribution in [-0.4, -0.2) is 24.6 Å². The summed E-state index contributed by atoms with van der Waals surface area (Å²) in [4.78, 5) is 24.7. The van der Waals surface area contributed by atoms with Crippen LogP contribution in [0.1, 0.15) is 37.0 Å². The topological polar surface area (TPSA) is 78.7 Å². The van der Waals surface area contributed by atoms with Gasteiger partial charge in [0, 0.05) is 0 Å². The molecule has 0 spiro atoms. The van der Waals surface area contributed by atoms with E-state index in [1.807, 2.05) is 13.8 Å². The average molecular weight is 269 g/mol. The molecule has 1 rings (SSSR count). The van der Waals surface area contributed by atoms with Gasteiger partial charge in [-0.05, 0) is 25.0 Å². The number of ether oxygens (including phenoxy) is 1. The molecule has 0 saturated heterocycles. The van der Waals surface area contributed by atoms with E-state index >= 15 is 0 Å². The normalized spacial score (nSPS) is 8.95. The van der Waals surface area contributed by atoms with Gasteiger partial charge in [0.2, 0.25) is 0 Å². The van der Waals surface area contributed by atoms with Crippen LogP contribution < -0.4 is 4.74 Å². The van der Waals surface area contributed by atoms with E-state index < -0.39 is 5.09 Å². The van der Waals surface area contributed by atoms with Crippen molar-refractivity contribution in [2.75, 3.05) is 13.2 Å². The summed E-state index contributed by atoms with van der Waals surface area (Å²) >= 11 is 0. The first-order valence-corrected chi connectivity index (χ1v) is 6.18. The van der Waals surface area contributed by atoms with Crippen LogP contribution in [0.2, 0.25) is 0 Å². The van der Waals surface area contributed by atoms with Crippen LogP contribution in [0, 0.1) is 10.1 Å². The molecule has 0 radical (unpaired) electrons. The highest BCUT2D eigenvalue weighted by Crippen LogP contribution is 2.15. The van der Waals surface area contributed by atoms with Crippen LogP contribution in [0.15, 0.2) is 24.3 Å². The summed E-state index contributed by atoms with van der Waals surface area (Å²) in [5, 5.41) is 9.03. The smallest absolute Gasteiger partial charge is 0.294 e. The van der Waals surface area contributed by atoms with Crippen LogP contribution >= 0.6 is 0 Å². The Labute approximate surface area is 112 Å². The fourth-order valence-electron chi connectivity index (χ4n) is 1.23. The van der Waals surface area contributed by atoms with Gasteiger partial charge < -0.3 is 9.57 Å². The van der Waals surface area contributed by atoms with Crippen LogP contribution in [0.5, 0.6) is 5.75 Å². The maximum absolute atomic E-state index is 10.7. The minimum Gasteiger partial charge on any atom is -0.493 e. The second-order valence-corrected chi connectivity index (χ2v) is 3.27. The number of carbonyl (C=O) groups is 1. The molecule has 0 amide bonds. The molecule has 1 aromatic carbocycles.